The number of fused-ring (bicyclic) bond motifs is 1. The number of anilines is 5. The van der Waals surface area contributed by atoms with Crippen molar-refractivity contribution in [3.05, 3.63) is 95.7 Å². The number of imidazole rings is 1. The normalized spacial score (nSPS) is 12.3. The maximum atomic E-state index is 11.9. The Balaban J connectivity index is 1.50. The first kappa shape index (κ1) is 27.1. The fraction of sp³-hybridized carbons (Fsp3) is 0.233. The van der Waals surface area contributed by atoms with Gasteiger partial charge < -0.3 is 15.2 Å². The van der Waals surface area contributed by atoms with Crippen LogP contribution in [0.15, 0.2) is 79.0 Å². The van der Waals surface area contributed by atoms with E-state index in [2.05, 4.69) is 62.3 Å². The number of nitrogens with zero attached hydrogens (tertiary/aromatic N) is 5. The third-order valence-electron chi connectivity index (χ3n) is 7.04. The van der Waals surface area contributed by atoms with Crippen LogP contribution >= 0.6 is 0 Å². The molecule has 10 heteroatoms. The van der Waals surface area contributed by atoms with Gasteiger partial charge >= 0.3 is 0 Å². The van der Waals surface area contributed by atoms with Gasteiger partial charge in [-0.2, -0.15) is 4.98 Å². The molecule has 206 valence electrons. The Morgan fingerprint density at radius 3 is 2.33 bits per heavy atom. The molecule has 0 aliphatic carbocycles. The minimum absolute atomic E-state index is 0.423. The number of rotatable bonds is 9. The summed E-state index contributed by atoms with van der Waals surface area (Å²) in [7, 11) is 0.721. The number of aromatic nitrogens is 4. The Hall–Kier alpha value is -4.44. The minimum atomic E-state index is -3.18. The number of aryl methyl sites for hydroxylation is 2. The highest BCUT2D eigenvalue weighted by Crippen LogP contribution is 2.31. The zero-order valence-corrected chi connectivity index (χ0v) is 24.1. The molecule has 5 aromatic rings. The Morgan fingerprint density at radius 1 is 0.950 bits per heavy atom. The highest BCUT2D eigenvalue weighted by atomic mass is 32.2. The SMILES string of the molecule is CNc1ccc2c(c1)nc(N(Cc1ccc(C)cc1)c1ccnc(Nc3ccc(C(C)S(C)(=O)=O)cc3)n1)n2C. The molecule has 0 saturated carbocycles. The Bertz CT molecular complexity index is 1750. The van der Waals surface area contributed by atoms with Crippen molar-refractivity contribution in [3.63, 3.8) is 0 Å². The topological polar surface area (TPSA) is 105 Å². The number of nitrogens with one attached hydrogen (secondary N) is 2. The van der Waals surface area contributed by atoms with Gasteiger partial charge in [0.05, 0.1) is 22.8 Å². The fourth-order valence-electron chi connectivity index (χ4n) is 4.49. The van der Waals surface area contributed by atoms with Gasteiger partial charge in [-0.05, 0) is 61.4 Å². The summed E-state index contributed by atoms with van der Waals surface area (Å²) in [5.74, 6) is 1.87. The molecular weight excluding hydrogens is 522 g/mol. The van der Waals surface area contributed by atoms with Crippen molar-refractivity contribution < 1.29 is 8.42 Å². The van der Waals surface area contributed by atoms with Crippen LogP contribution in [0.5, 0.6) is 0 Å². The first-order chi connectivity index (χ1) is 19.1. The van der Waals surface area contributed by atoms with E-state index in [-0.39, 0.29) is 0 Å². The van der Waals surface area contributed by atoms with E-state index in [9.17, 15) is 8.42 Å². The molecule has 0 bridgehead atoms. The number of hydrogen-bond acceptors (Lipinski definition) is 8. The summed E-state index contributed by atoms with van der Waals surface area (Å²) in [4.78, 5) is 16.3. The van der Waals surface area contributed by atoms with Crippen molar-refractivity contribution in [3.8, 4) is 0 Å². The van der Waals surface area contributed by atoms with E-state index in [4.69, 9.17) is 9.97 Å². The van der Waals surface area contributed by atoms with Gasteiger partial charge in [-0.15, -0.1) is 0 Å². The second kappa shape index (κ2) is 11.0. The lowest BCUT2D eigenvalue weighted by molar-refractivity contribution is 0.592. The molecule has 0 aliphatic heterocycles. The molecule has 0 spiro atoms. The molecule has 1 atom stereocenters. The maximum absolute atomic E-state index is 11.9. The molecule has 2 aromatic heterocycles. The van der Waals surface area contributed by atoms with Crippen LogP contribution in [0.4, 0.5) is 29.1 Å². The largest absolute Gasteiger partial charge is 0.388 e. The summed E-state index contributed by atoms with van der Waals surface area (Å²) in [5.41, 5.74) is 6.70. The summed E-state index contributed by atoms with van der Waals surface area (Å²) in [5, 5.41) is 5.85. The van der Waals surface area contributed by atoms with Gasteiger partial charge in [-0.3, -0.25) is 4.90 Å². The highest BCUT2D eigenvalue weighted by molar-refractivity contribution is 7.90. The van der Waals surface area contributed by atoms with Crippen LogP contribution < -0.4 is 15.5 Å². The van der Waals surface area contributed by atoms with E-state index in [0.717, 1.165) is 39.5 Å². The van der Waals surface area contributed by atoms with Gasteiger partial charge in [0.2, 0.25) is 11.9 Å². The lowest BCUT2D eigenvalue weighted by Gasteiger charge is -2.23. The molecule has 9 nitrogen and oxygen atoms in total. The fourth-order valence-corrected chi connectivity index (χ4v) is 5.14. The van der Waals surface area contributed by atoms with Crippen molar-refractivity contribution >= 4 is 50.0 Å². The molecule has 5 rings (SSSR count). The average molecular weight is 556 g/mol. The van der Waals surface area contributed by atoms with E-state index < -0.39 is 15.1 Å². The Kier molecular flexibility index (Phi) is 7.44. The van der Waals surface area contributed by atoms with E-state index in [1.807, 2.05) is 44.4 Å². The van der Waals surface area contributed by atoms with Gasteiger partial charge in [0.1, 0.15) is 5.82 Å². The van der Waals surface area contributed by atoms with Crippen LogP contribution in [0.3, 0.4) is 0 Å². The third-order valence-corrected chi connectivity index (χ3v) is 8.60. The summed E-state index contributed by atoms with van der Waals surface area (Å²) in [6.45, 7) is 4.32. The van der Waals surface area contributed by atoms with Crippen molar-refractivity contribution in [2.24, 2.45) is 7.05 Å². The average Bonchev–Trinajstić information content (AvgIpc) is 3.27. The predicted octanol–water partition coefficient (Wildman–Crippen LogP) is 5.90. The third kappa shape index (κ3) is 5.76. The molecular formula is C30H33N7O2S. The molecule has 2 heterocycles. The zero-order chi connectivity index (χ0) is 28.4. The summed E-state index contributed by atoms with van der Waals surface area (Å²) in [6, 6.07) is 23.7. The van der Waals surface area contributed by atoms with Gasteiger partial charge in [-0.1, -0.05) is 42.0 Å². The van der Waals surface area contributed by atoms with Crippen molar-refractivity contribution in [1.82, 2.24) is 19.5 Å². The molecule has 2 N–H and O–H groups in total. The molecule has 40 heavy (non-hydrogen) atoms. The maximum Gasteiger partial charge on any atom is 0.229 e. The summed E-state index contributed by atoms with van der Waals surface area (Å²) >= 11 is 0. The molecule has 0 radical (unpaired) electrons. The van der Waals surface area contributed by atoms with Gasteiger partial charge in [0.15, 0.2) is 9.84 Å². The highest BCUT2D eigenvalue weighted by Gasteiger charge is 2.20. The van der Waals surface area contributed by atoms with Crippen LogP contribution in [0.1, 0.15) is 28.9 Å². The van der Waals surface area contributed by atoms with E-state index in [0.29, 0.717) is 18.3 Å². The molecule has 3 aromatic carbocycles. The van der Waals surface area contributed by atoms with Crippen LogP contribution in [-0.2, 0) is 23.4 Å². The number of sulfone groups is 1. The second-order valence-electron chi connectivity index (χ2n) is 9.95. The predicted molar refractivity (Wildman–Crippen MR) is 162 cm³/mol. The molecule has 0 saturated heterocycles. The lowest BCUT2D eigenvalue weighted by Crippen LogP contribution is -2.21. The molecule has 0 aliphatic rings. The smallest absolute Gasteiger partial charge is 0.229 e. The monoisotopic (exact) mass is 555 g/mol. The van der Waals surface area contributed by atoms with E-state index in [1.165, 1.54) is 11.8 Å². The Morgan fingerprint density at radius 2 is 1.65 bits per heavy atom. The number of benzene rings is 3. The van der Waals surface area contributed by atoms with Gasteiger partial charge in [0, 0.05) is 37.9 Å². The van der Waals surface area contributed by atoms with E-state index in [1.54, 1.807) is 25.3 Å². The number of hydrogen-bond donors (Lipinski definition) is 2. The first-order valence-corrected chi connectivity index (χ1v) is 14.9. The molecule has 0 amide bonds. The standard InChI is InChI=1S/C30H33N7O2S/c1-20-6-8-22(9-7-20)19-37(30-34-26-18-25(31-3)14-15-27(26)36(30)4)28-16-17-32-29(35-28)33-24-12-10-23(11-13-24)21(2)40(5,38)39/h6-18,21,31H,19H2,1-5H3,(H,32,33,35). The van der Waals surface area contributed by atoms with Crippen LogP contribution in [-0.4, -0.2) is 41.2 Å². The van der Waals surface area contributed by atoms with Crippen LogP contribution in [0, 0.1) is 6.92 Å². The van der Waals surface area contributed by atoms with Crippen LogP contribution in [0.25, 0.3) is 11.0 Å². The Labute approximate surface area is 234 Å². The lowest BCUT2D eigenvalue weighted by atomic mass is 10.1. The molecule has 0 fully saturated rings. The quantitative estimate of drug-likeness (QED) is 0.232. The molecule has 1 unspecified atom stereocenters. The zero-order valence-electron chi connectivity index (χ0n) is 23.3. The van der Waals surface area contributed by atoms with Crippen LogP contribution in [0.2, 0.25) is 0 Å². The second-order valence-corrected chi connectivity index (χ2v) is 12.3. The van der Waals surface area contributed by atoms with Crippen molar-refractivity contribution in [2.45, 2.75) is 25.6 Å². The van der Waals surface area contributed by atoms with Gasteiger partial charge in [-0.25, -0.2) is 18.4 Å². The first-order valence-electron chi connectivity index (χ1n) is 13.0. The van der Waals surface area contributed by atoms with Gasteiger partial charge in [0.25, 0.3) is 0 Å². The summed E-state index contributed by atoms with van der Waals surface area (Å²) in [6.07, 6.45) is 2.96. The minimum Gasteiger partial charge on any atom is -0.388 e. The van der Waals surface area contributed by atoms with Crippen molar-refractivity contribution in [2.75, 3.05) is 28.8 Å². The van der Waals surface area contributed by atoms with Crippen molar-refractivity contribution in [1.29, 1.82) is 0 Å². The summed E-state index contributed by atoms with van der Waals surface area (Å²) < 4.78 is 25.9. The van der Waals surface area contributed by atoms with E-state index >= 15 is 0 Å².